The lowest BCUT2D eigenvalue weighted by molar-refractivity contribution is -0.140. The predicted molar refractivity (Wildman–Crippen MR) is 143 cm³/mol. The highest BCUT2D eigenvalue weighted by Gasteiger charge is 2.35. The van der Waals surface area contributed by atoms with Crippen LogP contribution in [-0.2, 0) is 34.1 Å². The smallest absolute Gasteiger partial charge is 0.323 e. The van der Waals surface area contributed by atoms with Crippen LogP contribution in [0.15, 0.2) is 28.9 Å². The molecule has 1 aromatic heterocycles. The molecule has 1 saturated heterocycles. The number of aliphatic hydroxyl groups excluding tert-OH is 2. The van der Waals surface area contributed by atoms with Gasteiger partial charge in [0.05, 0.1) is 23.4 Å². The summed E-state index contributed by atoms with van der Waals surface area (Å²) in [6.45, 7) is -0.306. The third-order valence-electron chi connectivity index (χ3n) is 5.74. The molecule has 0 aliphatic carbocycles. The number of hydrogen-bond donors (Lipinski definition) is 4. The molecular formula is C23H21N3O9S3. The number of rotatable bonds is 7. The Hall–Kier alpha value is -3.50. The number of aromatic nitrogens is 1. The van der Waals surface area contributed by atoms with E-state index in [4.69, 9.17) is 22.1 Å². The second-order valence-electron chi connectivity index (χ2n) is 8.24. The lowest BCUT2D eigenvalue weighted by atomic mass is 10.1. The van der Waals surface area contributed by atoms with Crippen molar-refractivity contribution in [2.24, 2.45) is 0 Å². The summed E-state index contributed by atoms with van der Waals surface area (Å²) in [6, 6.07) is 3.30. The zero-order chi connectivity index (χ0) is 27.9. The Bertz CT molecular complexity index is 1610. The van der Waals surface area contributed by atoms with Crippen LogP contribution in [0.2, 0.25) is 0 Å². The first-order valence-electron chi connectivity index (χ1n) is 10.9. The molecule has 1 fully saturated rings. The molecule has 1 aromatic carbocycles. The summed E-state index contributed by atoms with van der Waals surface area (Å²) in [5.74, 6) is -2.52. The van der Waals surface area contributed by atoms with E-state index in [1.54, 1.807) is 37.1 Å². The molecule has 0 unspecified atom stereocenters. The van der Waals surface area contributed by atoms with Gasteiger partial charge in [-0.05, 0) is 35.8 Å². The third kappa shape index (κ3) is 4.98. The van der Waals surface area contributed by atoms with Crippen LogP contribution in [0.4, 0.5) is 5.69 Å². The van der Waals surface area contributed by atoms with Crippen molar-refractivity contribution in [1.82, 2.24) is 9.47 Å². The van der Waals surface area contributed by atoms with Crippen LogP contribution in [0.5, 0.6) is 5.75 Å². The van der Waals surface area contributed by atoms with E-state index in [9.17, 15) is 34.5 Å². The Morgan fingerprint density at radius 2 is 1.71 bits per heavy atom. The van der Waals surface area contributed by atoms with Crippen molar-refractivity contribution in [2.75, 3.05) is 18.5 Å². The minimum atomic E-state index is -1.30. The maximum Gasteiger partial charge on any atom is 0.323 e. The molecule has 38 heavy (non-hydrogen) atoms. The average molecular weight is 580 g/mol. The number of benzene rings is 1. The van der Waals surface area contributed by atoms with Crippen LogP contribution in [0.1, 0.15) is 18.1 Å². The van der Waals surface area contributed by atoms with E-state index in [1.165, 1.54) is 0 Å². The van der Waals surface area contributed by atoms with Gasteiger partial charge in [0.15, 0.2) is 5.75 Å². The first-order chi connectivity index (χ1) is 18.0. The minimum absolute atomic E-state index is 0.0114. The van der Waals surface area contributed by atoms with Crippen LogP contribution < -0.4 is 24.4 Å². The fourth-order valence-electron chi connectivity index (χ4n) is 3.87. The number of hydrogen-bond acceptors (Lipinski definition) is 11. The molecule has 15 heteroatoms. The number of carboxylic acid groups (broad SMARTS) is 2. The molecule has 1 amide bonds. The van der Waals surface area contributed by atoms with Gasteiger partial charge in [-0.3, -0.25) is 28.6 Å². The van der Waals surface area contributed by atoms with Gasteiger partial charge in [-0.15, -0.1) is 11.3 Å². The van der Waals surface area contributed by atoms with Crippen molar-refractivity contribution in [3.8, 4) is 5.75 Å². The number of fused-ring (bicyclic) bond motifs is 1. The number of carbonyl (C=O) groups excluding carboxylic acids is 1. The monoisotopic (exact) mass is 579 g/mol. The van der Waals surface area contributed by atoms with Crippen LogP contribution >= 0.6 is 35.3 Å². The maximum atomic E-state index is 13.3. The van der Waals surface area contributed by atoms with E-state index in [0.717, 1.165) is 32.6 Å². The lowest BCUT2D eigenvalue weighted by Gasteiger charge is -2.12. The van der Waals surface area contributed by atoms with Crippen molar-refractivity contribution in [2.45, 2.75) is 26.7 Å². The van der Waals surface area contributed by atoms with Crippen LogP contribution in [0, 0.1) is 0 Å². The Labute approximate surface area is 228 Å². The summed E-state index contributed by atoms with van der Waals surface area (Å²) in [5, 5.41) is 37.6. The van der Waals surface area contributed by atoms with Gasteiger partial charge in [-0.25, -0.2) is 0 Å². The highest BCUT2D eigenvalue weighted by molar-refractivity contribution is 8.30. The summed E-state index contributed by atoms with van der Waals surface area (Å²) in [5.41, 5.74) is 1.45. The molecule has 0 atom stereocenters. The number of aliphatic carboxylic acids is 2. The molecule has 0 spiro atoms. The maximum absolute atomic E-state index is 13.3. The summed E-state index contributed by atoms with van der Waals surface area (Å²) >= 11 is 6.83. The molecule has 4 N–H and O–H groups in total. The van der Waals surface area contributed by atoms with Crippen LogP contribution in [0.25, 0.3) is 10.5 Å². The second kappa shape index (κ2) is 10.7. The Kier molecular flexibility index (Phi) is 7.75. The molecule has 2 aliphatic heterocycles. The normalized spacial score (nSPS) is 18.3. The number of amides is 1. The van der Waals surface area contributed by atoms with E-state index < -0.39 is 36.5 Å². The van der Waals surface area contributed by atoms with Gasteiger partial charge in [0.2, 0.25) is 5.88 Å². The number of ether oxygens (including phenoxy) is 1. The molecule has 0 bridgehead atoms. The van der Waals surface area contributed by atoms with Gasteiger partial charge in [-0.2, -0.15) is 0 Å². The number of carboxylic acids is 2. The van der Waals surface area contributed by atoms with Gasteiger partial charge in [0.1, 0.15) is 27.0 Å². The second-order valence-corrected chi connectivity index (χ2v) is 10.9. The topological polar surface area (TPSA) is 170 Å². The van der Waals surface area contributed by atoms with Crippen molar-refractivity contribution in [3.05, 3.63) is 54.8 Å². The number of nitrogens with zero attached hydrogens (tertiary/aromatic N) is 3. The first-order valence-corrected chi connectivity index (χ1v) is 12.9. The van der Waals surface area contributed by atoms with E-state index in [-0.39, 0.29) is 31.6 Å². The Balaban J connectivity index is 1.85. The minimum Gasteiger partial charge on any atom is -0.480 e. The largest absolute Gasteiger partial charge is 0.480 e. The SMILES string of the molecule is C/C(C=C1Oc2cc(CO)c(CO)cc2N1C)=c1\s/c(=C2/SC(=S)N(CC(=O)O)C2=O)n(CC(=O)O)c1=O. The van der Waals surface area contributed by atoms with Gasteiger partial charge in [0, 0.05) is 13.1 Å². The molecule has 2 aromatic rings. The fraction of sp³-hybridized carbons (Fsp3) is 0.261. The first kappa shape index (κ1) is 27.5. The average Bonchev–Trinajstić information content (AvgIpc) is 3.44. The molecule has 4 rings (SSSR count). The number of thioether (sulfide) groups is 1. The van der Waals surface area contributed by atoms with Crippen molar-refractivity contribution in [3.63, 3.8) is 0 Å². The van der Waals surface area contributed by atoms with Crippen LogP contribution in [-0.4, -0.2) is 65.7 Å². The highest BCUT2D eigenvalue weighted by atomic mass is 32.2. The van der Waals surface area contributed by atoms with E-state index in [0.29, 0.717) is 34.0 Å². The van der Waals surface area contributed by atoms with Gasteiger partial charge >= 0.3 is 11.9 Å². The molecule has 0 saturated carbocycles. The molecule has 2 aliphatic rings. The Morgan fingerprint density at radius 1 is 1.08 bits per heavy atom. The number of aliphatic hydroxyl groups is 2. The summed E-state index contributed by atoms with van der Waals surface area (Å²) in [7, 11) is 1.72. The number of thiazole rings is 1. The predicted octanol–water partition coefficient (Wildman–Crippen LogP) is -0.427. The molecule has 200 valence electrons. The van der Waals surface area contributed by atoms with Crippen LogP contribution in [0.3, 0.4) is 0 Å². The number of anilines is 1. The molecule has 0 radical (unpaired) electrons. The summed E-state index contributed by atoms with van der Waals surface area (Å²) in [6.07, 6.45) is 1.58. The van der Waals surface area contributed by atoms with Gasteiger partial charge < -0.3 is 30.1 Å². The lowest BCUT2D eigenvalue weighted by Crippen LogP contribution is -2.37. The quantitative estimate of drug-likeness (QED) is 0.313. The van der Waals surface area contributed by atoms with Crippen molar-refractivity contribution in [1.29, 1.82) is 0 Å². The van der Waals surface area contributed by atoms with Gasteiger partial charge in [0.25, 0.3) is 11.5 Å². The Morgan fingerprint density at radius 3 is 2.32 bits per heavy atom. The number of carbonyl (C=O) groups is 3. The van der Waals surface area contributed by atoms with E-state index in [1.807, 2.05) is 0 Å². The number of allylic oxidation sites excluding steroid dienone is 1. The van der Waals surface area contributed by atoms with Crippen molar-refractivity contribution >= 4 is 73.6 Å². The summed E-state index contributed by atoms with van der Waals surface area (Å²) in [4.78, 5) is 51.4. The van der Waals surface area contributed by atoms with E-state index in [2.05, 4.69) is 0 Å². The zero-order valence-electron chi connectivity index (χ0n) is 20.0. The number of thiocarbonyl (C=S) groups is 1. The molecule has 12 nitrogen and oxygen atoms in total. The molecular weight excluding hydrogens is 558 g/mol. The van der Waals surface area contributed by atoms with E-state index >= 15 is 0 Å². The fourth-order valence-corrected chi connectivity index (χ4v) is 6.40. The van der Waals surface area contributed by atoms with Crippen molar-refractivity contribution < 1.29 is 39.5 Å². The highest BCUT2D eigenvalue weighted by Crippen LogP contribution is 2.40. The third-order valence-corrected chi connectivity index (χ3v) is 8.63. The van der Waals surface area contributed by atoms with Gasteiger partial charge in [-0.1, -0.05) is 24.0 Å². The molecule has 3 heterocycles. The zero-order valence-corrected chi connectivity index (χ0v) is 22.4. The standard InChI is InChI=1S/C23H21N3O9S3/c1-10(3-15-24(2)13-4-11(8-27)12(9-28)5-14(13)35-15)18-20(33)25(6-16(29)30)22(37-18)19-21(34)26(7-17(31)32)23(36)38-19/h3-5,27-28H,6-9H2,1-2H3,(H,29,30)(H,31,32)/b15-3?,18-10+,22-19+. The summed E-state index contributed by atoms with van der Waals surface area (Å²) < 4.78 is 7.05.